The lowest BCUT2D eigenvalue weighted by molar-refractivity contribution is 0.0953. The first-order valence-electron chi connectivity index (χ1n) is 10.5. The van der Waals surface area contributed by atoms with E-state index in [9.17, 15) is 4.79 Å². The fraction of sp³-hybridized carbons (Fsp3) is 0.240. The Balaban J connectivity index is 1.56. The van der Waals surface area contributed by atoms with Crippen molar-refractivity contribution in [3.8, 4) is 17.0 Å². The van der Waals surface area contributed by atoms with Gasteiger partial charge in [0.05, 0.1) is 17.8 Å². The molecule has 0 bridgehead atoms. The van der Waals surface area contributed by atoms with Gasteiger partial charge in [-0.2, -0.15) is 0 Å². The maximum Gasteiger partial charge on any atom is 0.251 e. The maximum absolute atomic E-state index is 12.7. The number of H-pyrrole nitrogens is 1. The summed E-state index contributed by atoms with van der Waals surface area (Å²) in [7, 11) is 0. The van der Waals surface area contributed by atoms with Gasteiger partial charge in [-0.3, -0.25) is 4.79 Å². The Bertz CT molecular complexity index is 1170. The minimum Gasteiger partial charge on any atom is -0.493 e. The number of aryl methyl sites for hydroxylation is 2. The molecule has 0 saturated heterocycles. The normalized spacial score (nSPS) is 10.9. The lowest BCUT2D eigenvalue weighted by Crippen LogP contribution is -2.24. The molecular weight excluding hydrogens is 388 g/mol. The lowest BCUT2D eigenvalue weighted by atomic mass is 10.1. The maximum atomic E-state index is 12.7. The van der Waals surface area contributed by atoms with Crippen molar-refractivity contribution in [3.05, 3.63) is 77.9 Å². The smallest absolute Gasteiger partial charge is 0.251 e. The molecule has 158 valence electrons. The molecule has 0 fully saturated rings. The summed E-state index contributed by atoms with van der Waals surface area (Å²) in [6.45, 7) is 5.16. The number of aromatic amines is 1. The molecule has 0 unspecified atom stereocenters. The average Bonchev–Trinajstić information content (AvgIpc) is 3.30. The Labute approximate surface area is 181 Å². The van der Waals surface area contributed by atoms with Gasteiger partial charge < -0.3 is 15.0 Å². The van der Waals surface area contributed by atoms with E-state index in [0.717, 1.165) is 46.6 Å². The molecule has 1 amide bonds. The molecule has 31 heavy (non-hydrogen) atoms. The zero-order valence-electron chi connectivity index (χ0n) is 17.8. The summed E-state index contributed by atoms with van der Waals surface area (Å²) in [5, 5.41) is 3.87. The van der Waals surface area contributed by atoms with Crippen molar-refractivity contribution in [2.75, 3.05) is 13.2 Å². The Hall–Kier alpha value is -3.67. The van der Waals surface area contributed by atoms with Gasteiger partial charge >= 0.3 is 0 Å². The third-order valence-electron chi connectivity index (χ3n) is 5.11. The quantitative estimate of drug-likeness (QED) is 0.410. The summed E-state index contributed by atoms with van der Waals surface area (Å²) in [5.41, 5.74) is 4.36. The zero-order chi connectivity index (χ0) is 21.6. The van der Waals surface area contributed by atoms with Crippen LogP contribution in [0.2, 0.25) is 0 Å². The van der Waals surface area contributed by atoms with E-state index in [1.165, 1.54) is 5.56 Å². The number of hydrogen-bond acceptors (Lipinski definition) is 4. The van der Waals surface area contributed by atoms with Crippen LogP contribution < -0.4 is 10.1 Å². The van der Waals surface area contributed by atoms with Gasteiger partial charge in [-0.15, -0.1) is 0 Å². The third kappa shape index (κ3) is 4.91. The molecule has 6 nitrogen and oxygen atoms in total. The number of amides is 1. The average molecular weight is 415 g/mol. The highest BCUT2D eigenvalue weighted by Crippen LogP contribution is 2.31. The van der Waals surface area contributed by atoms with Crippen molar-refractivity contribution < 1.29 is 9.53 Å². The van der Waals surface area contributed by atoms with E-state index in [2.05, 4.69) is 46.5 Å². The minimum absolute atomic E-state index is 0.109. The molecule has 2 heterocycles. The number of imidazole rings is 1. The number of benzene rings is 2. The van der Waals surface area contributed by atoms with E-state index in [-0.39, 0.29) is 5.91 Å². The monoisotopic (exact) mass is 414 g/mol. The summed E-state index contributed by atoms with van der Waals surface area (Å²) in [5.74, 6) is 1.59. The summed E-state index contributed by atoms with van der Waals surface area (Å²) in [6, 6.07) is 15.7. The van der Waals surface area contributed by atoms with E-state index >= 15 is 0 Å². The standard InChI is InChI=1S/C25H26N4O2/c1-3-31-23-16-21(18-8-6-17(2)7-9-18)29-22-15-19(10-11-20(22)23)25(30)28-12-4-5-24-26-13-14-27-24/h6-11,13-16H,3-5,12H2,1-2H3,(H,26,27)(H,28,30). The Morgan fingerprint density at radius 3 is 2.71 bits per heavy atom. The van der Waals surface area contributed by atoms with E-state index in [1.807, 2.05) is 31.2 Å². The van der Waals surface area contributed by atoms with Crippen molar-refractivity contribution in [2.45, 2.75) is 26.7 Å². The molecule has 6 heteroatoms. The number of hydrogen-bond donors (Lipinski definition) is 2. The molecule has 4 rings (SSSR count). The van der Waals surface area contributed by atoms with Crippen LogP contribution >= 0.6 is 0 Å². The van der Waals surface area contributed by atoms with Gasteiger partial charge in [-0.05, 0) is 38.5 Å². The number of nitrogens with zero attached hydrogens (tertiary/aromatic N) is 2. The van der Waals surface area contributed by atoms with Crippen molar-refractivity contribution in [3.63, 3.8) is 0 Å². The fourth-order valence-corrected chi connectivity index (χ4v) is 3.48. The Morgan fingerprint density at radius 2 is 1.97 bits per heavy atom. The van der Waals surface area contributed by atoms with Crippen molar-refractivity contribution in [1.29, 1.82) is 0 Å². The van der Waals surface area contributed by atoms with Gasteiger partial charge in [-0.1, -0.05) is 29.8 Å². The second-order valence-corrected chi connectivity index (χ2v) is 7.43. The molecule has 0 saturated carbocycles. The number of carbonyl (C=O) groups excluding carboxylic acids is 1. The number of aromatic nitrogens is 3. The number of carbonyl (C=O) groups is 1. The number of rotatable bonds is 8. The van der Waals surface area contributed by atoms with Crippen LogP contribution in [0, 0.1) is 6.92 Å². The molecule has 0 atom stereocenters. The van der Waals surface area contributed by atoms with Crippen LogP contribution in [-0.2, 0) is 6.42 Å². The van der Waals surface area contributed by atoms with Crippen molar-refractivity contribution in [2.24, 2.45) is 0 Å². The van der Waals surface area contributed by atoms with Crippen LogP contribution in [-0.4, -0.2) is 34.0 Å². The zero-order valence-corrected chi connectivity index (χ0v) is 17.8. The number of pyridine rings is 1. The summed E-state index contributed by atoms with van der Waals surface area (Å²) >= 11 is 0. The second kappa shape index (κ2) is 9.43. The van der Waals surface area contributed by atoms with Crippen LogP contribution in [0.4, 0.5) is 0 Å². The molecule has 0 aliphatic rings. The molecule has 0 spiro atoms. The SMILES string of the molecule is CCOc1cc(-c2ccc(C)cc2)nc2cc(C(=O)NCCCc3ncc[nH]3)ccc12. The van der Waals surface area contributed by atoms with Crippen LogP contribution in [0.3, 0.4) is 0 Å². The summed E-state index contributed by atoms with van der Waals surface area (Å²) < 4.78 is 5.87. The molecular formula is C25H26N4O2. The van der Waals surface area contributed by atoms with Gasteiger partial charge in [0.2, 0.25) is 0 Å². The topological polar surface area (TPSA) is 79.9 Å². The molecule has 0 radical (unpaired) electrons. The second-order valence-electron chi connectivity index (χ2n) is 7.43. The summed E-state index contributed by atoms with van der Waals surface area (Å²) in [4.78, 5) is 24.7. The highest BCUT2D eigenvalue weighted by molar-refractivity contribution is 5.99. The van der Waals surface area contributed by atoms with Gasteiger partial charge in [-0.25, -0.2) is 9.97 Å². The molecule has 0 aliphatic heterocycles. The summed E-state index contributed by atoms with van der Waals surface area (Å²) in [6.07, 6.45) is 5.15. The van der Waals surface area contributed by atoms with Crippen molar-refractivity contribution in [1.82, 2.24) is 20.3 Å². The molecule has 2 aromatic carbocycles. The van der Waals surface area contributed by atoms with E-state index in [0.29, 0.717) is 18.7 Å². The molecule has 2 N–H and O–H groups in total. The molecule has 2 aromatic heterocycles. The first-order chi connectivity index (χ1) is 15.1. The third-order valence-corrected chi connectivity index (χ3v) is 5.11. The van der Waals surface area contributed by atoms with Crippen LogP contribution in [0.1, 0.15) is 35.1 Å². The van der Waals surface area contributed by atoms with Gasteiger partial charge in [0.15, 0.2) is 0 Å². The molecule has 0 aliphatic carbocycles. The van der Waals surface area contributed by atoms with Gasteiger partial charge in [0, 0.05) is 47.9 Å². The minimum atomic E-state index is -0.109. The number of ether oxygens (including phenoxy) is 1. The fourth-order valence-electron chi connectivity index (χ4n) is 3.48. The largest absolute Gasteiger partial charge is 0.493 e. The van der Waals surface area contributed by atoms with E-state index in [1.54, 1.807) is 12.4 Å². The Kier molecular flexibility index (Phi) is 6.26. The van der Waals surface area contributed by atoms with E-state index < -0.39 is 0 Å². The predicted molar refractivity (Wildman–Crippen MR) is 122 cm³/mol. The van der Waals surface area contributed by atoms with Crippen LogP contribution in [0.5, 0.6) is 5.75 Å². The van der Waals surface area contributed by atoms with Gasteiger partial charge in [0.1, 0.15) is 11.6 Å². The Morgan fingerprint density at radius 1 is 1.13 bits per heavy atom. The highest BCUT2D eigenvalue weighted by atomic mass is 16.5. The number of nitrogens with one attached hydrogen (secondary N) is 2. The molecule has 4 aromatic rings. The lowest BCUT2D eigenvalue weighted by Gasteiger charge is -2.12. The van der Waals surface area contributed by atoms with Crippen LogP contribution in [0.15, 0.2) is 60.9 Å². The number of fused-ring (bicyclic) bond motifs is 1. The van der Waals surface area contributed by atoms with Crippen LogP contribution in [0.25, 0.3) is 22.2 Å². The first kappa shape index (κ1) is 20.6. The van der Waals surface area contributed by atoms with Gasteiger partial charge in [0.25, 0.3) is 5.91 Å². The van der Waals surface area contributed by atoms with E-state index in [4.69, 9.17) is 9.72 Å². The first-order valence-corrected chi connectivity index (χ1v) is 10.5. The van der Waals surface area contributed by atoms with Crippen molar-refractivity contribution >= 4 is 16.8 Å². The highest BCUT2D eigenvalue weighted by Gasteiger charge is 2.12. The predicted octanol–water partition coefficient (Wildman–Crippen LogP) is 4.69.